The number of nitrogens with one attached hydrogen (secondary N) is 1. The van der Waals surface area contributed by atoms with E-state index in [0.717, 1.165) is 22.0 Å². The second-order valence-electron chi connectivity index (χ2n) is 6.32. The number of para-hydroxylation sites is 1. The molecule has 0 aliphatic carbocycles. The summed E-state index contributed by atoms with van der Waals surface area (Å²) in [5, 5.41) is 11.3. The predicted octanol–water partition coefficient (Wildman–Crippen LogP) is 2.60. The molecule has 4 rings (SSSR count). The van der Waals surface area contributed by atoms with Crippen molar-refractivity contribution in [1.82, 2.24) is 19.9 Å². The number of aromatic nitrogens is 3. The first-order valence-corrected chi connectivity index (χ1v) is 8.95. The Balaban J connectivity index is 0.000000405. The van der Waals surface area contributed by atoms with Crippen molar-refractivity contribution in [3.05, 3.63) is 72.2 Å². The highest BCUT2D eigenvalue weighted by Crippen LogP contribution is 2.26. The van der Waals surface area contributed by atoms with Crippen molar-refractivity contribution in [2.24, 2.45) is 5.73 Å². The van der Waals surface area contributed by atoms with E-state index in [2.05, 4.69) is 27.4 Å². The van der Waals surface area contributed by atoms with Crippen LogP contribution in [0.4, 0.5) is 0 Å². The van der Waals surface area contributed by atoms with Crippen molar-refractivity contribution < 1.29 is 14.7 Å². The van der Waals surface area contributed by atoms with Crippen molar-refractivity contribution in [2.75, 3.05) is 13.6 Å². The van der Waals surface area contributed by atoms with E-state index in [9.17, 15) is 9.59 Å². The van der Waals surface area contributed by atoms with Crippen LogP contribution in [0.1, 0.15) is 16.1 Å². The number of hydrogen-bond acceptors (Lipinski definition) is 5. The van der Waals surface area contributed by atoms with E-state index in [0.29, 0.717) is 12.1 Å². The molecule has 0 spiro atoms. The molecule has 4 aromatic rings. The van der Waals surface area contributed by atoms with Crippen LogP contribution in [-0.2, 0) is 11.3 Å². The van der Waals surface area contributed by atoms with E-state index in [1.54, 1.807) is 13.4 Å². The number of fused-ring (bicyclic) bond motifs is 3. The van der Waals surface area contributed by atoms with Crippen LogP contribution in [0.3, 0.4) is 0 Å². The Morgan fingerprint density at radius 1 is 1.10 bits per heavy atom. The first-order chi connectivity index (χ1) is 14.0. The molecule has 30 heavy (non-hydrogen) atoms. The molecule has 0 fully saturated rings. The second kappa shape index (κ2) is 10.5. The largest absolute Gasteiger partial charge is 0.480 e. The maximum absolute atomic E-state index is 11.7. The number of carboxylic acid groups (broad SMARTS) is 1. The number of carbonyl (C=O) groups excluding carboxylic acids is 1. The minimum atomic E-state index is -0.822. The number of amides is 1. The molecule has 2 aromatic heterocycles. The van der Waals surface area contributed by atoms with Gasteiger partial charge in [0, 0.05) is 11.9 Å². The van der Waals surface area contributed by atoms with Crippen LogP contribution in [-0.4, -0.2) is 45.1 Å². The fourth-order valence-corrected chi connectivity index (χ4v) is 3.01. The van der Waals surface area contributed by atoms with Crippen LogP contribution in [0.5, 0.6) is 0 Å². The van der Waals surface area contributed by atoms with Gasteiger partial charge in [-0.25, -0.2) is 9.97 Å². The fourth-order valence-electron chi connectivity index (χ4n) is 3.01. The Morgan fingerprint density at radius 2 is 1.77 bits per heavy atom. The number of carbonyl (C=O) groups is 2. The van der Waals surface area contributed by atoms with Crippen molar-refractivity contribution in [1.29, 1.82) is 0 Å². The smallest absolute Gasteiger partial charge is 0.317 e. The summed E-state index contributed by atoms with van der Waals surface area (Å²) in [6.45, 7) is 0.712. The molecule has 0 aliphatic heterocycles. The quantitative estimate of drug-likeness (QED) is 0.410. The first kappa shape index (κ1) is 23.0. The number of pyridine rings is 1. The van der Waals surface area contributed by atoms with Gasteiger partial charge in [0.1, 0.15) is 5.52 Å². The van der Waals surface area contributed by atoms with Crippen LogP contribution in [0.2, 0.25) is 0 Å². The van der Waals surface area contributed by atoms with Gasteiger partial charge >= 0.3 is 5.97 Å². The monoisotopic (exact) mass is 471 g/mol. The molecule has 0 saturated heterocycles. The summed E-state index contributed by atoms with van der Waals surface area (Å²) < 4.78 is 2.03. The molecule has 0 unspecified atom stereocenters. The predicted molar refractivity (Wildman–Crippen MR) is 121 cm³/mol. The van der Waals surface area contributed by atoms with Crippen molar-refractivity contribution in [2.45, 2.75) is 6.54 Å². The Morgan fingerprint density at radius 3 is 2.37 bits per heavy atom. The molecule has 156 valence electrons. The Bertz CT molecular complexity index is 1160. The average molecular weight is 472 g/mol. The SMILES string of the molecule is Br.CNCC(=O)O.NC(=O)c1nc2ccccc2c2c1ncn2Cc1ccccc1. The molecule has 1 amide bonds. The van der Waals surface area contributed by atoms with E-state index in [4.69, 9.17) is 10.8 Å². The lowest BCUT2D eigenvalue weighted by Gasteiger charge is -2.08. The van der Waals surface area contributed by atoms with Crippen molar-refractivity contribution in [3.63, 3.8) is 0 Å². The van der Waals surface area contributed by atoms with Gasteiger partial charge in [-0.2, -0.15) is 0 Å². The number of hydrogen-bond donors (Lipinski definition) is 3. The van der Waals surface area contributed by atoms with Gasteiger partial charge < -0.3 is 20.7 Å². The summed E-state index contributed by atoms with van der Waals surface area (Å²) in [6.07, 6.45) is 1.73. The van der Waals surface area contributed by atoms with Gasteiger partial charge in [0.25, 0.3) is 5.91 Å². The fraction of sp³-hybridized carbons (Fsp3) is 0.143. The number of carboxylic acids is 1. The molecular weight excluding hydrogens is 450 g/mol. The van der Waals surface area contributed by atoms with E-state index < -0.39 is 11.9 Å². The van der Waals surface area contributed by atoms with Crippen molar-refractivity contribution >= 4 is 50.8 Å². The van der Waals surface area contributed by atoms with Crippen LogP contribution in [0.15, 0.2) is 60.9 Å². The molecular formula is C21H22BrN5O3. The zero-order chi connectivity index (χ0) is 20.8. The minimum absolute atomic E-state index is 0. The number of aliphatic carboxylic acids is 1. The standard InChI is InChI=1S/C18H14N4O.C3H7NO2.BrH/c19-18(23)16-15-17(13-8-4-5-9-14(13)21-16)22(11-20-15)10-12-6-2-1-3-7-12;1-4-2-3(5)6;/h1-9,11H,10H2,(H2,19,23);4H,2H2,1H3,(H,5,6);1H. The molecule has 0 aliphatic rings. The summed E-state index contributed by atoms with van der Waals surface area (Å²) in [5.74, 6) is -1.39. The lowest BCUT2D eigenvalue weighted by Crippen LogP contribution is -2.16. The van der Waals surface area contributed by atoms with Gasteiger partial charge in [0.05, 0.1) is 23.9 Å². The average Bonchev–Trinajstić information content (AvgIpc) is 3.12. The number of likely N-dealkylation sites (N-methyl/N-ethyl adjacent to an activating group) is 1. The summed E-state index contributed by atoms with van der Waals surface area (Å²) >= 11 is 0. The number of imidazole rings is 1. The highest BCUT2D eigenvalue weighted by molar-refractivity contribution is 8.93. The second-order valence-corrected chi connectivity index (χ2v) is 6.32. The highest BCUT2D eigenvalue weighted by atomic mass is 79.9. The summed E-state index contributed by atoms with van der Waals surface area (Å²) in [6, 6.07) is 17.8. The van der Waals surface area contributed by atoms with Gasteiger partial charge in [-0.15, -0.1) is 17.0 Å². The van der Waals surface area contributed by atoms with Crippen LogP contribution < -0.4 is 11.1 Å². The topological polar surface area (TPSA) is 123 Å². The summed E-state index contributed by atoms with van der Waals surface area (Å²) in [5.41, 5.74) is 9.03. The van der Waals surface area contributed by atoms with E-state index in [-0.39, 0.29) is 29.2 Å². The van der Waals surface area contributed by atoms with Gasteiger partial charge in [-0.05, 0) is 18.7 Å². The van der Waals surface area contributed by atoms with Crippen LogP contribution in [0, 0.1) is 0 Å². The highest BCUT2D eigenvalue weighted by Gasteiger charge is 2.17. The molecule has 2 heterocycles. The molecule has 8 nitrogen and oxygen atoms in total. The van der Waals surface area contributed by atoms with E-state index in [1.807, 2.05) is 47.0 Å². The zero-order valence-corrected chi connectivity index (χ0v) is 18.0. The third-order valence-corrected chi connectivity index (χ3v) is 4.21. The van der Waals surface area contributed by atoms with E-state index in [1.165, 1.54) is 0 Å². The Hall–Kier alpha value is -3.30. The van der Waals surface area contributed by atoms with Gasteiger partial charge in [-0.3, -0.25) is 9.59 Å². The molecule has 4 N–H and O–H groups in total. The maximum Gasteiger partial charge on any atom is 0.317 e. The lowest BCUT2D eigenvalue weighted by atomic mass is 10.1. The lowest BCUT2D eigenvalue weighted by molar-refractivity contribution is -0.135. The molecule has 0 radical (unpaired) electrons. The number of nitrogens with two attached hydrogens (primary N) is 1. The molecule has 0 bridgehead atoms. The van der Waals surface area contributed by atoms with Gasteiger partial charge in [0.2, 0.25) is 0 Å². The number of halogens is 1. The third-order valence-electron chi connectivity index (χ3n) is 4.21. The summed E-state index contributed by atoms with van der Waals surface area (Å²) in [7, 11) is 1.59. The number of nitrogens with zero attached hydrogens (tertiary/aromatic N) is 3. The van der Waals surface area contributed by atoms with Crippen molar-refractivity contribution in [3.8, 4) is 0 Å². The summed E-state index contributed by atoms with van der Waals surface area (Å²) in [4.78, 5) is 30.0. The molecule has 9 heteroatoms. The number of benzene rings is 2. The molecule has 0 atom stereocenters. The Labute approximate surface area is 183 Å². The normalized spacial score (nSPS) is 10.2. The molecule has 2 aromatic carbocycles. The zero-order valence-electron chi connectivity index (χ0n) is 16.3. The minimum Gasteiger partial charge on any atom is -0.480 e. The number of rotatable bonds is 5. The van der Waals surface area contributed by atoms with Crippen LogP contribution in [0.25, 0.3) is 21.9 Å². The number of primary amides is 1. The van der Waals surface area contributed by atoms with Crippen LogP contribution >= 0.6 is 17.0 Å². The van der Waals surface area contributed by atoms with E-state index >= 15 is 0 Å². The van der Waals surface area contributed by atoms with Gasteiger partial charge in [-0.1, -0.05) is 48.5 Å². The Kier molecular flexibility index (Phi) is 8.02. The molecule has 0 saturated carbocycles. The first-order valence-electron chi connectivity index (χ1n) is 8.95. The third kappa shape index (κ3) is 5.19. The van der Waals surface area contributed by atoms with Gasteiger partial charge in [0.15, 0.2) is 5.69 Å². The maximum atomic E-state index is 11.7.